The van der Waals surface area contributed by atoms with Crippen molar-refractivity contribution in [2.75, 3.05) is 6.54 Å². The summed E-state index contributed by atoms with van der Waals surface area (Å²) in [6, 6.07) is 0. The standard InChI is InChI=1S/C9H20N2O2/c1-4-5-8(13-10)9(12)11-6-7(2)3/h7-8H,4-6,10H2,1-3H3,(H,11,12). The molecule has 1 unspecified atom stereocenters. The van der Waals surface area contributed by atoms with Crippen LogP contribution in [0.2, 0.25) is 0 Å². The third-order valence-corrected chi connectivity index (χ3v) is 1.69. The van der Waals surface area contributed by atoms with Gasteiger partial charge in [-0.2, -0.15) is 0 Å². The van der Waals surface area contributed by atoms with E-state index >= 15 is 0 Å². The summed E-state index contributed by atoms with van der Waals surface area (Å²) in [6.07, 6.45) is 1.06. The Hall–Kier alpha value is -0.610. The van der Waals surface area contributed by atoms with Crippen molar-refractivity contribution in [2.24, 2.45) is 11.8 Å². The van der Waals surface area contributed by atoms with Gasteiger partial charge in [-0.3, -0.25) is 9.63 Å². The van der Waals surface area contributed by atoms with E-state index < -0.39 is 6.10 Å². The van der Waals surface area contributed by atoms with Gasteiger partial charge < -0.3 is 5.32 Å². The molecule has 0 saturated carbocycles. The molecule has 0 rings (SSSR count). The summed E-state index contributed by atoms with van der Waals surface area (Å²) in [5.74, 6) is 5.34. The highest BCUT2D eigenvalue weighted by Gasteiger charge is 2.16. The number of amides is 1. The summed E-state index contributed by atoms with van der Waals surface area (Å²) >= 11 is 0. The van der Waals surface area contributed by atoms with Crippen molar-refractivity contribution in [1.82, 2.24) is 5.32 Å². The molecule has 0 aliphatic heterocycles. The zero-order valence-electron chi connectivity index (χ0n) is 8.67. The fraction of sp³-hybridized carbons (Fsp3) is 0.889. The van der Waals surface area contributed by atoms with Gasteiger partial charge in [0.15, 0.2) is 6.10 Å². The number of nitrogens with one attached hydrogen (secondary N) is 1. The molecular formula is C9H20N2O2. The lowest BCUT2D eigenvalue weighted by Gasteiger charge is -2.14. The first-order valence-electron chi connectivity index (χ1n) is 4.75. The molecule has 0 bridgehead atoms. The quantitative estimate of drug-likeness (QED) is 0.606. The molecular weight excluding hydrogens is 168 g/mol. The smallest absolute Gasteiger partial charge is 0.251 e. The Labute approximate surface area is 79.8 Å². The van der Waals surface area contributed by atoms with Gasteiger partial charge >= 0.3 is 0 Å². The van der Waals surface area contributed by atoms with Gasteiger partial charge in [-0.1, -0.05) is 27.2 Å². The van der Waals surface area contributed by atoms with Gasteiger partial charge in [-0.15, -0.1) is 0 Å². The Morgan fingerprint density at radius 1 is 1.54 bits per heavy atom. The van der Waals surface area contributed by atoms with Crippen LogP contribution in [0, 0.1) is 5.92 Å². The van der Waals surface area contributed by atoms with E-state index in [-0.39, 0.29) is 5.91 Å². The molecule has 0 heterocycles. The third-order valence-electron chi connectivity index (χ3n) is 1.69. The fourth-order valence-electron chi connectivity index (χ4n) is 0.942. The molecule has 4 heteroatoms. The number of carbonyl (C=O) groups is 1. The Kier molecular flexibility index (Phi) is 6.54. The molecule has 0 aliphatic carbocycles. The van der Waals surface area contributed by atoms with Gasteiger partial charge in [0, 0.05) is 6.54 Å². The molecule has 0 aromatic carbocycles. The average Bonchev–Trinajstić information content (AvgIpc) is 2.10. The van der Waals surface area contributed by atoms with Gasteiger partial charge in [0.05, 0.1) is 0 Å². The van der Waals surface area contributed by atoms with Crippen LogP contribution in [0.15, 0.2) is 0 Å². The van der Waals surface area contributed by atoms with E-state index in [1.807, 2.05) is 20.8 Å². The van der Waals surface area contributed by atoms with Crippen LogP contribution in [0.1, 0.15) is 33.6 Å². The van der Waals surface area contributed by atoms with E-state index in [2.05, 4.69) is 10.2 Å². The maximum atomic E-state index is 11.4. The minimum Gasteiger partial charge on any atom is -0.354 e. The molecule has 0 radical (unpaired) electrons. The number of nitrogens with two attached hydrogens (primary N) is 1. The minimum absolute atomic E-state index is 0.113. The van der Waals surface area contributed by atoms with E-state index in [4.69, 9.17) is 5.90 Å². The molecule has 1 atom stereocenters. The molecule has 0 fully saturated rings. The van der Waals surface area contributed by atoms with Crippen LogP contribution in [-0.4, -0.2) is 18.6 Å². The topological polar surface area (TPSA) is 64.3 Å². The lowest BCUT2D eigenvalue weighted by Crippen LogP contribution is -2.39. The molecule has 78 valence electrons. The van der Waals surface area contributed by atoms with Gasteiger partial charge in [0.25, 0.3) is 5.91 Å². The zero-order chi connectivity index (χ0) is 10.3. The van der Waals surface area contributed by atoms with Crippen molar-refractivity contribution in [3.8, 4) is 0 Å². The summed E-state index contributed by atoms with van der Waals surface area (Å²) in [6.45, 7) is 6.74. The minimum atomic E-state index is -0.497. The van der Waals surface area contributed by atoms with E-state index in [1.54, 1.807) is 0 Å². The van der Waals surface area contributed by atoms with E-state index in [0.29, 0.717) is 18.9 Å². The third kappa shape index (κ3) is 5.60. The molecule has 1 amide bonds. The van der Waals surface area contributed by atoms with Crippen molar-refractivity contribution in [1.29, 1.82) is 0 Å². The highest BCUT2D eigenvalue weighted by Crippen LogP contribution is 1.99. The van der Waals surface area contributed by atoms with Gasteiger partial charge in [-0.25, -0.2) is 5.90 Å². The summed E-state index contributed by atoms with van der Waals surface area (Å²) in [4.78, 5) is 15.9. The Morgan fingerprint density at radius 3 is 2.54 bits per heavy atom. The van der Waals surface area contributed by atoms with Crippen LogP contribution in [-0.2, 0) is 9.63 Å². The Balaban J connectivity index is 3.77. The second-order valence-corrected chi connectivity index (χ2v) is 3.55. The van der Waals surface area contributed by atoms with E-state index in [9.17, 15) is 4.79 Å². The maximum Gasteiger partial charge on any atom is 0.251 e. The summed E-state index contributed by atoms with van der Waals surface area (Å²) in [5.41, 5.74) is 0. The van der Waals surface area contributed by atoms with Crippen LogP contribution in [0.4, 0.5) is 0 Å². The lowest BCUT2D eigenvalue weighted by molar-refractivity contribution is -0.133. The molecule has 0 spiro atoms. The lowest BCUT2D eigenvalue weighted by atomic mass is 10.2. The van der Waals surface area contributed by atoms with E-state index in [1.165, 1.54) is 0 Å². The number of hydrogen-bond donors (Lipinski definition) is 2. The monoisotopic (exact) mass is 188 g/mol. The van der Waals surface area contributed by atoms with Crippen molar-refractivity contribution < 1.29 is 9.63 Å². The first-order valence-corrected chi connectivity index (χ1v) is 4.75. The molecule has 0 aromatic heterocycles. The number of hydrogen-bond acceptors (Lipinski definition) is 3. The summed E-state index contributed by atoms with van der Waals surface area (Å²) in [7, 11) is 0. The largest absolute Gasteiger partial charge is 0.354 e. The van der Waals surface area contributed by atoms with Gasteiger partial charge in [0.2, 0.25) is 0 Å². The Morgan fingerprint density at radius 2 is 2.15 bits per heavy atom. The van der Waals surface area contributed by atoms with Crippen LogP contribution >= 0.6 is 0 Å². The van der Waals surface area contributed by atoms with Crippen molar-refractivity contribution in [3.63, 3.8) is 0 Å². The molecule has 3 N–H and O–H groups in total. The SMILES string of the molecule is CCCC(ON)C(=O)NCC(C)C. The van der Waals surface area contributed by atoms with Gasteiger partial charge in [-0.05, 0) is 12.3 Å². The van der Waals surface area contributed by atoms with Crippen LogP contribution in [0.3, 0.4) is 0 Å². The first kappa shape index (κ1) is 12.4. The fourth-order valence-corrected chi connectivity index (χ4v) is 0.942. The molecule has 13 heavy (non-hydrogen) atoms. The van der Waals surface area contributed by atoms with Crippen molar-refractivity contribution in [3.05, 3.63) is 0 Å². The Bertz CT molecular complexity index is 149. The molecule has 0 aliphatic rings. The second-order valence-electron chi connectivity index (χ2n) is 3.55. The van der Waals surface area contributed by atoms with Crippen LogP contribution in [0.5, 0.6) is 0 Å². The van der Waals surface area contributed by atoms with Crippen molar-refractivity contribution >= 4 is 5.91 Å². The van der Waals surface area contributed by atoms with Crippen molar-refractivity contribution in [2.45, 2.75) is 39.7 Å². The van der Waals surface area contributed by atoms with Gasteiger partial charge in [0.1, 0.15) is 0 Å². The molecule has 0 aromatic rings. The molecule has 0 saturated heterocycles. The average molecular weight is 188 g/mol. The number of rotatable bonds is 6. The summed E-state index contributed by atoms with van der Waals surface area (Å²) in [5, 5.41) is 2.77. The molecule has 4 nitrogen and oxygen atoms in total. The van der Waals surface area contributed by atoms with Crippen LogP contribution < -0.4 is 11.2 Å². The highest BCUT2D eigenvalue weighted by molar-refractivity contribution is 5.80. The normalized spacial score (nSPS) is 13.0. The second kappa shape index (κ2) is 6.86. The predicted octanol–water partition coefficient (Wildman–Crippen LogP) is 0.818. The first-order chi connectivity index (χ1) is 6.11. The summed E-state index contributed by atoms with van der Waals surface area (Å²) < 4.78 is 0. The predicted molar refractivity (Wildman–Crippen MR) is 51.8 cm³/mol. The zero-order valence-corrected chi connectivity index (χ0v) is 8.67. The van der Waals surface area contributed by atoms with E-state index in [0.717, 1.165) is 6.42 Å². The maximum absolute atomic E-state index is 11.4. The van der Waals surface area contributed by atoms with Crippen LogP contribution in [0.25, 0.3) is 0 Å². The highest BCUT2D eigenvalue weighted by atomic mass is 16.6. The number of carbonyl (C=O) groups excluding carboxylic acids is 1.